The van der Waals surface area contributed by atoms with Crippen LogP contribution >= 0.6 is 0 Å². The number of aromatic nitrogens is 2. The van der Waals surface area contributed by atoms with Gasteiger partial charge >= 0.3 is 0 Å². The van der Waals surface area contributed by atoms with Crippen molar-refractivity contribution in [3.8, 4) is 0 Å². The van der Waals surface area contributed by atoms with Crippen LogP contribution in [0.3, 0.4) is 0 Å². The van der Waals surface area contributed by atoms with Crippen LogP contribution < -0.4 is 5.32 Å². The highest BCUT2D eigenvalue weighted by atomic mass is 15.3. The van der Waals surface area contributed by atoms with Crippen LogP contribution in [0.2, 0.25) is 0 Å². The standard InChI is InChI=1S/C13H23N3/c1-11-3-5-12(6-4-11)9-14-10-13-7-8-16(2)15-13/h7-8,11-12,14H,3-6,9-10H2,1-2H3. The predicted molar refractivity (Wildman–Crippen MR) is 66.0 cm³/mol. The van der Waals surface area contributed by atoms with Crippen molar-refractivity contribution in [2.45, 2.75) is 39.2 Å². The maximum Gasteiger partial charge on any atom is 0.0762 e. The lowest BCUT2D eigenvalue weighted by atomic mass is 9.83. The molecule has 1 fully saturated rings. The second-order valence-electron chi connectivity index (χ2n) is 5.24. The summed E-state index contributed by atoms with van der Waals surface area (Å²) in [4.78, 5) is 0. The van der Waals surface area contributed by atoms with Gasteiger partial charge in [0.25, 0.3) is 0 Å². The molecule has 0 saturated heterocycles. The van der Waals surface area contributed by atoms with Gasteiger partial charge in [0.15, 0.2) is 0 Å². The van der Waals surface area contributed by atoms with Crippen LogP contribution in [0.4, 0.5) is 0 Å². The van der Waals surface area contributed by atoms with E-state index in [0.717, 1.165) is 30.6 Å². The van der Waals surface area contributed by atoms with E-state index in [1.165, 1.54) is 25.7 Å². The third-order valence-electron chi connectivity index (χ3n) is 3.64. The molecule has 1 aliphatic rings. The summed E-state index contributed by atoms with van der Waals surface area (Å²) in [5.74, 6) is 1.84. The molecule has 2 rings (SSSR count). The summed E-state index contributed by atoms with van der Waals surface area (Å²) in [5.41, 5.74) is 1.15. The van der Waals surface area contributed by atoms with Gasteiger partial charge in [-0.2, -0.15) is 5.10 Å². The van der Waals surface area contributed by atoms with Crippen molar-refractivity contribution in [2.75, 3.05) is 6.54 Å². The van der Waals surface area contributed by atoms with E-state index in [9.17, 15) is 0 Å². The first-order valence-corrected chi connectivity index (χ1v) is 6.43. The van der Waals surface area contributed by atoms with Crippen LogP contribution in [0.15, 0.2) is 12.3 Å². The molecule has 0 atom stereocenters. The first-order valence-electron chi connectivity index (χ1n) is 6.43. The van der Waals surface area contributed by atoms with Gasteiger partial charge in [-0.3, -0.25) is 4.68 Å². The summed E-state index contributed by atoms with van der Waals surface area (Å²) < 4.78 is 1.86. The first kappa shape index (κ1) is 11.6. The Morgan fingerprint density at radius 3 is 2.75 bits per heavy atom. The van der Waals surface area contributed by atoms with Gasteiger partial charge in [0.2, 0.25) is 0 Å². The molecule has 3 heteroatoms. The first-order chi connectivity index (χ1) is 7.74. The maximum absolute atomic E-state index is 4.36. The van der Waals surface area contributed by atoms with Crippen molar-refractivity contribution in [2.24, 2.45) is 18.9 Å². The molecule has 1 aliphatic carbocycles. The molecule has 1 heterocycles. The van der Waals surface area contributed by atoms with Gasteiger partial charge in [-0.25, -0.2) is 0 Å². The summed E-state index contributed by atoms with van der Waals surface area (Å²) in [6.07, 6.45) is 7.62. The van der Waals surface area contributed by atoms with Crippen LogP contribution in [-0.2, 0) is 13.6 Å². The van der Waals surface area contributed by atoms with Crippen molar-refractivity contribution in [3.05, 3.63) is 18.0 Å². The van der Waals surface area contributed by atoms with Crippen LogP contribution in [0.5, 0.6) is 0 Å². The van der Waals surface area contributed by atoms with E-state index >= 15 is 0 Å². The molecular formula is C13H23N3. The fourth-order valence-corrected chi connectivity index (χ4v) is 2.50. The molecule has 90 valence electrons. The third-order valence-corrected chi connectivity index (χ3v) is 3.64. The topological polar surface area (TPSA) is 29.9 Å². The van der Waals surface area contributed by atoms with E-state index < -0.39 is 0 Å². The van der Waals surface area contributed by atoms with E-state index in [4.69, 9.17) is 0 Å². The van der Waals surface area contributed by atoms with Crippen LogP contribution in [0, 0.1) is 11.8 Å². The molecule has 1 saturated carbocycles. The van der Waals surface area contributed by atoms with E-state index in [-0.39, 0.29) is 0 Å². The van der Waals surface area contributed by atoms with E-state index in [0.29, 0.717) is 0 Å². The quantitative estimate of drug-likeness (QED) is 0.845. The van der Waals surface area contributed by atoms with Gasteiger partial charge in [-0.1, -0.05) is 19.8 Å². The van der Waals surface area contributed by atoms with Gasteiger partial charge in [-0.05, 0) is 37.3 Å². The number of nitrogens with one attached hydrogen (secondary N) is 1. The lowest BCUT2D eigenvalue weighted by Crippen LogP contribution is -2.25. The molecule has 0 bridgehead atoms. The Morgan fingerprint density at radius 2 is 2.12 bits per heavy atom. The van der Waals surface area contributed by atoms with Crippen molar-refractivity contribution in [3.63, 3.8) is 0 Å². The molecule has 0 amide bonds. The Balaban J connectivity index is 1.64. The summed E-state index contributed by atoms with van der Waals surface area (Å²) >= 11 is 0. The Morgan fingerprint density at radius 1 is 1.38 bits per heavy atom. The monoisotopic (exact) mass is 221 g/mol. The Labute approximate surface area is 98.2 Å². The van der Waals surface area contributed by atoms with Crippen LogP contribution in [0.25, 0.3) is 0 Å². The zero-order valence-electron chi connectivity index (χ0n) is 10.4. The average molecular weight is 221 g/mol. The van der Waals surface area contributed by atoms with Crippen molar-refractivity contribution in [1.29, 1.82) is 0 Å². The smallest absolute Gasteiger partial charge is 0.0762 e. The Hall–Kier alpha value is -0.830. The number of rotatable bonds is 4. The largest absolute Gasteiger partial charge is 0.311 e. The second kappa shape index (κ2) is 5.48. The lowest BCUT2D eigenvalue weighted by molar-refractivity contribution is 0.281. The minimum Gasteiger partial charge on any atom is -0.311 e. The molecule has 1 aromatic heterocycles. The number of nitrogens with zero attached hydrogens (tertiary/aromatic N) is 2. The summed E-state index contributed by atoms with van der Waals surface area (Å²) in [6, 6.07) is 2.08. The van der Waals surface area contributed by atoms with E-state index in [1.54, 1.807) is 0 Å². The summed E-state index contributed by atoms with van der Waals surface area (Å²) in [5, 5.41) is 7.88. The van der Waals surface area contributed by atoms with Crippen LogP contribution in [-0.4, -0.2) is 16.3 Å². The normalized spacial score (nSPS) is 25.9. The molecule has 0 spiro atoms. The fraction of sp³-hybridized carbons (Fsp3) is 0.769. The summed E-state index contributed by atoms with van der Waals surface area (Å²) in [7, 11) is 1.96. The molecular weight excluding hydrogens is 198 g/mol. The summed E-state index contributed by atoms with van der Waals surface area (Å²) in [6.45, 7) is 4.44. The molecule has 0 aromatic carbocycles. The minimum absolute atomic E-state index is 0.889. The van der Waals surface area contributed by atoms with Gasteiger partial charge in [0.1, 0.15) is 0 Å². The highest BCUT2D eigenvalue weighted by Crippen LogP contribution is 2.27. The highest BCUT2D eigenvalue weighted by molar-refractivity contribution is 4.97. The zero-order valence-corrected chi connectivity index (χ0v) is 10.4. The average Bonchev–Trinajstić information content (AvgIpc) is 2.67. The van der Waals surface area contributed by atoms with Gasteiger partial charge in [-0.15, -0.1) is 0 Å². The highest BCUT2D eigenvalue weighted by Gasteiger charge is 2.17. The minimum atomic E-state index is 0.889. The van der Waals surface area contributed by atoms with Gasteiger partial charge < -0.3 is 5.32 Å². The SMILES string of the molecule is CC1CCC(CNCc2ccn(C)n2)CC1. The van der Waals surface area contributed by atoms with Gasteiger partial charge in [0.05, 0.1) is 5.69 Å². The molecule has 16 heavy (non-hydrogen) atoms. The number of aryl methyl sites for hydroxylation is 1. The molecule has 0 radical (unpaired) electrons. The van der Waals surface area contributed by atoms with Crippen LogP contribution in [0.1, 0.15) is 38.3 Å². The van der Waals surface area contributed by atoms with Crippen molar-refractivity contribution in [1.82, 2.24) is 15.1 Å². The fourth-order valence-electron chi connectivity index (χ4n) is 2.50. The lowest BCUT2D eigenvalue weighted by Gasteiger charge is -2.26. The number of hydrogen-bond donors (Lipinski definition) is 1. The Kier molecular flexibility index (Phi) is 3.99. The third kappa shape index (κ3) is 3.34. The molecule has 0 aliphatic heterocycles. The predicted octanol–water partition coefficient (Wildman–Crippen LogP) is 2.34. The molecule has 1 aromatic rings. The molecule has 1 N–H and O–H groups in total. The Bertz CT molecular complexity index is 311. The second-order valence-corrected chi connectivity index (χ2v) is 5.24. The molecule has 3 nitrogen and oxygen atoms in total. The van der Waals surface area contributed by atoms with Crippen molar-refractivity contribution >= 4 is 0 Å². The zero-order chi connectivity index (χ0) is 11.4. The van der Waals surface area contributed by atoms with E-state index in [1.807, 2.05) is 17.9 Å². The van der Waals surface area contributed by atoms with Crippen molar-refractivity contribution < 1.29 is 0 Å². The van der Waals surface area contributed by atoms with E-state index in [2.05, 4.69) is 23.4 Å². The number of hydrogen-bond acceptors (Lipinski definition) is 2. The molecule has 0 unspecified atom stereocenters. The maximum atomic E-state index is 4.36. The van der Waals surface area contributed by atoms with Gasteiger partial charge in [0, 0.05) is 19.8 Å².